The highest BCUT2D eigenvalue weighted by Crippen LogP contribution is 2.59. The Balaban J connectivity index is 2.08. The lowest BCUT2D eigenvalue weighted by molar-refractivity contribution is -0.345. The predicted octanol–water partition coefficient (Wildman–Crippen LogP) is 4.97. The zero-order valence-electron chi connectivity index (χ0n) is 19.0. The van der Waals surface area contributed by atoms with Gasteiger partial charge in [0.2, 0.25) is 17.1 Å². The standard InChI is InChI=1S/C21H27F7O5/c1-10-7-18(22,19(23,8-11(10)2)20(24,25)21(26,27)28)15(29)14-13(32-17(5,6)33-14)12-9-30-16(3,4)31-12/h12-14H,7-9H2,1-6H3/t12-,13+,14-,18?,19?/m1/s1. The lowest BCUT2D eigenvalue weighted by atomic mass is 9.65. The van der Waals surface area contributed by atoms with Gasteiger partial charge in [-0.1, -0.05) is 11.1 Å². The zero-order valence-corrected chi connectivity index (χ0v) is 19.0. The first-order valence-corrected chi connectivity index (χ1v) is 10.4. The van der Waals surface area contributed by atoms with Crippen LogP contribution in [0.15, 0.2) is 11.1 Å². The van der Waals surface area contributed by atoms with Crippen molar-refractivity contribution in [3.63, 3.8) is 0 Å². The molecule has 190 valence electrons. The second-order valence-corrected chi connectivity index (χ2v) is 9.84. The molecule has 5 atom stereocenters. The van der Waals surface area contributed by atoms with Crippen molar-refractivity contribution in [2.75, 3.05) is 6.61 Å². The van der Waals surface area contributed by atoms with Gasteiger partial charge in [-0.15, -0.1) is 0 Å². The van der Waals surface area contributed by atoms with Crippen LogP contribution in [-0.2, 0) is 23.7 Å². The summed E-state index contributed by atoms with van der Waals surface area (Å²) in [5, 5.41) is 0. The Kier molecular flexibility index (Phi) is 6.09. The van der Waals surface area contributed by atoms with Gasteiger partial charge in [0, 0.05) is 12.8 Å². The smallest absolute Gasteiger partial charge is 0.348 e. The number of ether oxygens (including phenoxy) is 4. The van der Waals surface area contributed by atoms with E-state index in [1.165, 1.54) is 34.6 Å². The minimum atomic E-state index is -6.44. The summed E-state index contributed by atoms with van der Waals surface area (Å²) in [5.41, 5.74) is -9.35. The Hall–Kier alpha value is -1.24. The number of rotatable bonds is 4. The van der Waals surface area contributed by atoms with Crippen molar-refractivity contribution >= 4 is 5.78 Å². The van der Waals surface area contributed by atoms with E-state index in [9.17, 15) is 26.7 Å². The van der Waals surface area contributed by atoms with Crippen LogP contribution in [0, 0.1) is 0 Å². The summed E-state index contributed by atoms with van der Waals surface area (Å²) in [6, 6.07) is 0. The summed E-state index contributed by atoms with van der Waals surface area (Å²) in [4.78, 5) is 13.3. The molecule has 0 aromatic rings. The van der Waals surface area contributed by atoms with Crippen molar-refractivity contribution in [1.29, 1.82) is 0 Å². The summed E-state index contributed by atoms with van der Waals surface area (Å²) in [6.45, 7) is 7.95. The molecule has 2 aliphatic heterocycles. The maximum absolute atomic E-state index is 16.2. The Bertz CT molecular complexity index is 852. The Morgan fingerprint density at radius 1 is 0.879 bits per heavy atom. The van der Waals surface area contributed by atoms with E-state index < -0.39 is 71.9 Å². The van der Waals surface area contributed by atoms with Crippen LogP contribution < -0.4 is 0 Å². The van der Waals surface area contributed by atoms with Crippen LogP contribution in [0.3, 0.4) is 0 Å². The van der Waals surface area contributed by atoms with E-state index in [2.05, 4.69) is 0 Å². The molecule has 2 fully saturated rings. The van der Waals surface area contributed by atoms with Gasteiger partial charge in [0.25, 0.3) is 0 Å². The normalized spacial score (nSPS) is 39.2. The third-order valence-electron chi connectivity index (χ3n) is 6.40. The Morgan fingerprint density at radius 2 is 1.42 bits per heavy atom. The highest BCUT2D eigenvalue weighted by molar-refractivity contribution is 5.94. The highest BCUT2D eigenvalue weighted by Gasteiger charge is 2.81. The van der Waals surface area contributed by atoms with Crippen LogP contribution in [0.5, 0.6) is 0 Å². The predicted molar refractivity (Wildman–Crippen MR) is 100 cm³/mol. The third-order valence-corrected chi connectivity index (χ3v) is 6.40. The van der Waals surface area contributed by atoms with Gasteiger partial charge in [-0.25, -0.2) is 8.78 Å². The SMILES string of the molecule is CC1=C(C)CC(F)(C(F)(F)C(F)(F)F)C(F)(C(=O)[C@@H]2OC(C)(C)O[C@H]2[C@H]2COC(C)(C)O2)C1. The van der Waals surface area contributed by atoms with Crippen LogP contribution in [0.25, 0.3) is 0 Å². The number of carbonyl (C=O) groups excluding carboxylic acids is 1. The quantitative estimate of drug-likeness (QED) is 0.410. The van der Waals surface area contributed by atoms with Gasteiger partial charge in [-0.3, -0.25) is 4.79 Å². The molecule has 12 heteroatoms. The average Bonchev–Trinajstić information content (AvgIpc) is 3.16. The summed E-state index contributed by atoms with van der Waals surface area (Å²) in [7, 11) is 0. The third kappa shape index (κ3) is 4.10. The lowest BCUT2D eigenvalue weighted by Gasteiger charge is -2.47. The van der Waals surface area contributed by atoms with Crippen LogP contribution in [0.2, 0.25) is 0 Å². The summed E-state index contributed by atoms with van der Waals surface area (Å²) < 4.78 is 123. The number of hydrogen-bond donors (Lipinski definition) is 0. The molecule has 3 rings (SSSR count). The molecule has 3 aliphatic rings. The van der Waals surface area contributed by atoms with E-state index in [1.54, 1.807) is 0 Å². The molecular weight excluding hydrogens is 465 g/mol. The minimum absolute atomic E-state index is 0.00610. The van der Waals surface area contributed by atoms with E-state index >= 15 is 8.78 Å². The molecule has 0 amide bonds. The minimum Gasteiger partial charge on any atom is -0.348 e. The largest absolute Gasteiger partial charge is 0.456 e. The molecule has 2 heterocycles. The van der Waals surface area contributed by atoms with E-state index in [0.29, 0.717) is 0 Å². The monoisotopic (exact) mass is 492 g/mol. The molecule has 5 nitrogen and oxygen atoms in total. The van der Waals surface area contributed by atoms with Gasteiger partial charge in [-0.05, 0) is 41.5 Å². The Labute approximate surface area is 186 Å². The fraction of sp³-hybridized carbons (Fsp3) is 0.857. The van der Waals surface area contributed by atoms with Gasteiger partial charge in [0.15, 0.2) is 17.7 Å². The summed E-state index contributed by atoms with van der Waals surface area (Å²) >= 11 is 0. The van der Waals surface area contributed by atoms with Crippen molar-refractivity contribution in [3.8, 4) is 0 Å². The lowest BCUT2D eigenvalue weighted by Crippen LogP contribution is -2.70. The maximum atomic E-state index is 16.2. The van der Waals surface area contributed by atoms with Crippen molar-refractivity contribution in [2.45, 2.75) is 108 Å². The maximum Gasteiger partial charge on any atom is 0.456 e. The number of carbonyl (C=O) groups is 1. The van der Waals surface area contributed by atoms with E-state index in [-0.39, 0.29) is 17.8 Å². The van der Waals surface area contributed by atoms with Gasteiger partial charge < -0.3 is 18.9 Å². The van der Waals surface area contributed by atoms with E-state index in [1.807, 2.05) is 0 Å². The topological polar surface area (TPSA) is 54.0 Å². The molecule has 1 aliphatic carbocycles. The fourth-order valence-electron chi connectivity index (χ4n) is 4.55. The first-order valence-electron chi connectivity index (χ1n) is 10.4. The van der Waals surface area contributed by atoms with Crippen LogP contribution >= 0.6 is 0 Å². The van der Waals surface area contributed by atoms with Gasteiger partial charge in [-0.2, -0.15) is 22.0 Å². The molecule has 0 saturated carbocycles. The average molecular weight is 492 g/mol. The fourth-order valence-corrected chi connectivity index (χ4v) is 4.55. The van der Waals surface area contributed by atoms with Crippen LogP contribution in [0.4, 0.5) is 30.7 Å². The molecule has 33 heavy (non-hydrogen) atoms. The van der Waals surface area contributed by atoms with Crippen LogP contribution in [-0.4, -0.2) is 65.7 Å². The molecule has 0 spiro atoms. The molecule has 0 aromatic carbocycles. The second-order valence-electron chi connectivity index (χ2n) is 9.84. The number of ketones is 1. The molecule has 2 unspecified atom stereocenters. The molecule has 0 bridgehead atoms. The number of halogens is 7. The first-order chi connectivity index (χ1) is 14.7. The number of allylic oxidation sites excluding steroid dienone is 2. The molecule has 0 aromatic heterocycles. The highest BCUT2D eigenvalue weighted by atomic mass is 19.4. The summed E-state index contributed by atoms with van der Waals surface area (Å²) in [6.07, 6.45) is -13.8. The number of alkyl halides is 7. The first kappa shape index (κ1) is 26.4. The van der Waals surface area contributed by atoms with Gasteiger partial charge in [0.05, 0.1) is 6.61 Å². The molecule has 2 saturated heterocycles. The van der Waals surface area contributed by atoms with Crippen molar-refractivity contribution in [3.05, 3.63) is 11.1 Å². The zero-order chi connectivity index (χ0) is 25.4. The van der Waals surface area contributed by atoms with Gasteiger partial charge in [0.1, 0.15) is 12.2 Å². The second kappa shape index (κ2) is 7.63. The van der Waals surface area contributed by atoms with E-state index in [0.717, 1.165) is 6.92 Å². The molecular formula is C21H27F7O5. The summed E-state index contributed by atoms with van der Waals surface area (Å²) in [5.74, 6) is -10.7. The Morgan fingerprint density at radius 3 is 1.91 bits per heavy atom. The molecule has 0 N–H and O–H groups in total. The number of Topliss-reactive ketones (excluding diaryl/α,β-unsaturated/α-hetero) is 1. The number of hydrogen-bond acceptors (Lipinski definition) is 5. The van der Waals surface area contributed by atoms with Crippen molar-refractivity contribution < 1.29 is 54.5 Å². The van der Waals surface area contributed by atoms with Crippen molar-refractivity contribution in [2.24, 2.45) is 0 Å². The van der Waals surface area contributed by atoms with E-state index in [4.69, 9.17) is 18.9 Å². The molecule has 0 radical (unpaired) electrons. The van der Waals surface area contributed by atoms with Crippen molar-refractivity contribution in [1.82, 2.24) is 0 Å². The van der Waals surface area contributed by atoms with Crippen LogP contribution in [0.1, 0.15) is 54.4 Å². The van der Waals surface area contributed by atoms with Gasteiger partial charge >= 0.3 is 12.1 Å².